The van der Waals surface area contributed by atoms with Gasteiger partial charge in [0.05, 0.1) is 16.0 Å². The Balaban J connectivity index is 0.000000353. The molecule has 1 aromatic heterocycles. The number of ether oxygens (including phenoxy) is 2. The molecular weight excluding hydrogens is 384 g/mol. The van der Waals surface area contributed by atoms with Crippen molar-refractivity contribution in [3.05, 3.63) is 66.4 Å². The summed E-state index contributed by atoms with van der Waals surface area (Å²) in [5.41, 5.74) is 1.90. The summed E-state index contributed by atoms with van der Waals surface area (Å²) in [6.07, 6.45) is 1.74. The topological polar surface area (TPSA) is 51.7 Å². The van der Waals surface area contributed by atoms with Gasteiger partial charge in [-0.1, -0.05) is 36.4 Å². The Morgan fingerprint density at radius 1 is 1.07 bits per heavy atom. The molecule has 2 aromatic carbocycles. The van der Waals surface area contributed by atoms with Crippen molar-refractivity contribution in [3.63, 3.8) is 0 Å². The maximum Gasteiger partial charge on any atom is 0.130 e. The molecule has 154 valence electrons. The molecular formula is C23H28N2O3S. The summed E-state index contributed by atoms with van der Waals surface area (Å²) in [6, 6.07) is 17.6. The number of aromatic nitrogens is 1. The Morgan fingerprint density at radius 2 is 1.79 bits per heavy atom. The Bertz CT molecular complexity index is 980. The van der Waals surface area contributed by atoms with Crippen LogP contribution < -0.4 is 4.74 Å². The van der Waals surface area contributed by atoms with E-state index in [1.54, 1.807) is 13.3 Å². The number of para-hydroxylation sites is 2. The summed E-state index contributed by atoms with van der Waals surface area (Å²) in [6.45, 7) is 7.81. The van der Waals surface area contributed by atoms with Gasteiger partial charge in [0.1, 0.15) is 23.3 Å². The van der Waals surface area contributed by atoms with Crippen molar-refractivity contribution in [2.75, 3.05) is 20.3 Å². The van der Waals surface area contributed by atoms with E-state index in [0.717, 1.165) is 27.1 Å². The third-order valence-electron chi connectivity index (χ3n) is 4.55. The Hall–Kier alpha value is -2.28. The van der Waals surface area contributed by atoms with Crippen LogP contribution >= 0.6 is 0 Å². The first kappa shape index (κ1) is 21.4. The van der Waals surface area contributed by atoms with Crippen LogP contribution in [0.3, 0.4) is 0 Å². The summed E-state index contributed by atoms with van der Waals surface area (Å²) < 4.78 is 25.8. The van der Waals surface area contributed by atoms with Crippen molar-refractivity contribution >= 4 is 21.9 Å². The number of methoxy groups -OCH3 is 1. The molecule has 1 unspecified atom stereocenters. The second-order valence-electron chi connectivity index (χ2n) is 7.72. The fourth-order valence-corrected chi connectivity index (χ4v) is 4.11. The first-order chi connectivity index (χ1) is 13.9. The summed E-state index contributed by atoms with van der Waals surface area (Å²) in [5, 5.41) is 1.00. The van der Waals surface area contributed by atoms with Gasteiger partial charge in [-0.15, -0.1) is 0 Å². The molecule has 0 saturated carbocycles. The number of benzene rings is 2. The van der Waals surface area contributed by atoms with Gasteiger partial charge >= 0.3 is 0 Å². The van der Waals surface area contributed by atoms with E-state index in [-0.39, 0.29) is 5.60 Å². The predicted octanol–water partition coefficient (Wildman–Crippen LogP) is 4.58. The van der Waals surface area contributed by atoms with E-state index >= 15 is 0 Å². The first-order valence-corrected chi connectivity index (χ1v) is 10.8. The summed E-state index contributed by atoms with van der Waals surface area (Å²) in [4.78, 5) is 5.17. The van der Waals surface area contributed by atoms with Gasteiger partial charge in [0.2, 0.25) is 0 Å². The van der Waals surface area contributed by atoms with Gasteiger partial charge < -0.3 is 9.47 Å². The molecule has 0 radical (unpaired) electrons. The Labute approximate surface area is 175 Å². The number of rotatable bonds is 2. The number of pyridine rings is 1. The van der Waals surface area contributed by atoms with Crippen molar-refractivity contribution in [2.45, 2.75) is 37.8 Å². The molecule has 0 aliphatic carbocycles. The molecule has 2 heterocycles. The molecule has 4 rings (SSSR count). The molecule has 0 amide bonds. The third kappa shape index (κ3) is 5.63. The van der Waals surface area contributed by atoms with Gasteiger partial charge in [0.25, 0.3) is 0 Å². The number of nitrogens with zero attached hydrogens (tertiary/aromatic N) is 2. The molecule has 1 aliphatic heterocycles. The van der Waals surface area contributed by atoms with E-state index in [9.17, 15) is 4.21 Å². The quantitative estimate of drug-likeness (QED) is 0.618. The lowest BCUT2D eigenvalue weighted by molar-refractivity contribution is 0.0397. The van der Waals surface area contributed by atoms with Crippen LogP contribution in [0.1, 0.15) is 26.3 Å². The van der Waals surface area contributed by atoms with Gasteiger partial charge in [-0.2, -0.15) is 0 Å². The fourth-order valence-electron chi connectivity index (χ4n) is 2.80. The van der Waals surface area contributed by atoms with Crippen LogP contribution in [0, 0.1) is 0 Å². The molecule has 3 aromatic rings. The van der Waals surface area contributed by atoms with Crippen LogP contribution in [-0.2, 0) is 22.3 Å². The van der Waals surface area contributed by atoms with Gasteiger partial charge in [-0.25, -0.2) is 8.51 Å². The van der Waals surface area contributed by atoms with Gasteiger partial charge in [-0.05, 0) is 39.0 Å². The molecule has 1 aliphatic rings. The average molecular weight is 413 g/mol. The van der Waals surface area contributed by atoms with E-state index in [1.165, 1.54) is 0 Å². The summed E-state index contributed by atoms with van der Waals surface area (Å²) in [7, 11) is 0.436. The zero-order valence-electron chi connectivity index (χ0n) is 17.4. The fraction of sp³-hybridized carbons (Fsp3) is 0.348. The van der Waals surface area contributed by atoms with E-state index in [1.807, 2.05) is 79.7 Å². The van der Waals surface area contributed by atoms with E-state index < -0.39 is 11.0 Å². The molecule has 0 fully saturated rings. The number of fused-ring (bicyclic) bond motifs is 2. The SMILES string of the molecule is COC(C)(C)C.O=S(c1cccc2cccnc12)N1CCOc2ccccc2C1. The van der Waals surface area contributed by atoms with Crippen molar-refractivity contribution in [2.24, 2.45) is 0 Å². The smallest absolute Gasteiger partial charge is 0.130 e. The van der Waals surface area contributed by atoms with Crippen LogP contribution in [0.5, 0.6) is 5.75 Å². The molecule has 0 spiro atoms. The molecule has 0 bridgehead atoms. The Morgan fingerprint density at radius 3 is 2.55 bits per heavy atom. The normalized spacial score (nSPS) is 15.4. The van der Waals surface area contributed by atoms with Crippen LogP contribution in [0.25, 0.3) is 10.9 Å². The second-order valence-corrected chi connectivity index (χ2v) is 9.17. The molecule has 5 nitrogen and oxygen atoms in total. The standard InChI is InChI=1S/C18H16N2O2S.C5H12O/c21-23(17-9-3-6-14-7-4-10-19-18(14)17)20-11-12-22-16-8-2-1-5-15(16)13-20;1-5(2,3)6-4/h1-10H,11-13H2;1-4H3. The highest BCUT2D eigenvalue weighted by Crippen LogP contribution is 2.27. The van der Waals surface area contributed by atoms with E-state index in [0.29, 0.717) is 19.7 Å². The minimum absolute atomic E-state index is 0.0417. The van der Waals surface area contributed by atoms with Crippen molar-refractivity contribution in [1.82, 2.24) is 9.29 Å². The predicted molar refractivity (Wildman–Crippen MR) is 117 cm³/mol. The van der Waals surface area contributed by atoms with Crippen LogP contribution in [-0.4, -0.2) is 39.4 Å². The Kier molecular flexibility index (Phi) is 7.00. The minimum Gasteiger partial charge on any atom is -0.492 e. The minimum atomic E-state index is -1.27. The molecule has 29 heavy (non-hydrogen) atoms. The summed E-state index contributed by atoms with van der Waals surface area (Å²) >= 11 is 0. The lowest BCUT2D eigenvalue weighted by atomic mass is 10.2. The van der Waals surface area contributed by atoms with Crippen LogP contribution in [0.4, 0.5) is 0 Å². The molecule has 0 saturated heterocycles. The van der Waals surface area contributed by atoms with Crippen molar-refractivity contribution in [3.8, 4) is 5.75 Å². The summed E-state index contributed by atoms with van der Waals surface area (Å²) in [5.74, 6) is 0.878. The monoisotopic (exact) mass is 412 g/mol. The highest BCUT2D eigenvalue weighted by atomic mass is 32.2. The molecule has 1 atom stereocenters. The molecule has 6 heteroatoms. The lowest BCUT2D eigenvalue weighted by Crippen LogP contribution is -2.28. The van der Waals surface area contributed by atoms with Gasteiger partial charge in [-0.3, -0.25) is 4.98 Å². The zero-order chi connectivity index (χ0) is 20.9. The third-order valence-corrected chi connectivity index (χ3v) is 6.03. The largest absolute Gasteiger partial charge is 0.492 e. The van der Waals surface area contributed by atoms with E-state index in [2.05, 4.69) is 4.98 Å². The molecule has 0 N–H and O–H groups in total. The zero-order valence-corrected chi connectivity index (χ0v) is 18.2. The van der Waals surface area contributed by atoms with Crippen molar-refractivity contribution in [1.29, 1.82) is 0 Å². The van der Waals surface area contributed by atoms with E-state index in [4.69, 9.17) is 9.47 Å². The van der Waals surface area contributed by atoms with Crippen molar-refractivity contribution < 1.29 is 13.7 Å². The average Bonchev–Trinajstić information content (AvgIpc) is 2.95. The lowest BCUT2D eigenvalue weighted by Gasteiger charge is -2.18. The highest BCUT2D eigenvalue weighted by molar-refractivity contribution is 7.82. The van der Waals surface area contributed by atoms with Crippen LogP contribution in [0.2, 0.25) is 0 Å². The first-order valence-electron chi connectivity index (χ1n) is 9.65. The highest BCUT2D eigenvalue weighted by Gasteiger charge is 2.22. The number of hydrogen-bond donors (Lipinski definition) is 0. The maximum atomic E-state index is 13.1. The number of hydrogen-bond acceptors (Lipinski definition) is 4. The van der Waals surface area contributed by atoms with Gasteiger partial charge in [0.15, 0.2) is 0 Å². The van der Waals surface area contributed by atoms with Crippen LogP contribution in [0.15, 0.2) is 65.7 Å². The maximum absolute atomic E-state index is 13.1. The van der Waals surface area contributed by atoms with Gasteiger partial charge in [0, 0.05) is 37.3 Å². The second kappa shape index (κ2) is 9.48.